The largest absolute Gasteiger partial charge is 0.389 e. The highest BCUT2D eigenvalue weighted by Crippen LogP contribution is 2.22. The van der Waals surface area contributed by atoms with Crippen molar-refractivity contribution in [3.05, 3.63) is 42.0 Å². The maximum Gasteiger partial charge on any atom is 0.243 e. The second-order valence-corrected chi connectivity index (χ2v) is 6.55. The number of aryl methyl sites for hydroxylation is 1. The number of nitrogens with zero attached hydrogens (tertiary/aromatic N) is 1. The molecule has 1 aromatic rings. The molecule has 0 spiro atoms. The van der Waals surface area contributed by atoms with E-state index in [1.807, 2.05) is 6.92 Å². The Hall–Kier alpha value is -1.17. The summed E-state index contributed by atoms with van der Waals surface area (Å²) in [6, 6.07) is 6.78. The molecule has 18 heavy (non-hydrogen) atoms. The zero-order valence-corrected chi connectivity index (χ0v) is 11.2. The van der Waals surface area contributed by atoms with Gasteiger partial charge in [0.2, 0.25) is 10.0 Å². The number of hydrogen-bond acceptors (Lipinski definition) is 3. The monoisotopic (exact) mass is 267 g/mol. The van der Waals surface area contributed by atoms with Gasteiger partial charge in [0, 0.05) is 13.1 Å². The molecule has 1 fully saturated rings. The lowest BCUT2D eigenvalue weighted by Gasteiger charge is -2.30. The summed E-state index contributed by atoms with van der Waals surface area (Å²) >= 11 is 0. The van der Waals surface area contributed by atoms with Crippen molar-refractivity contribution in [2.24, 2.45) is 0 Å². The van der Waals surface area contributed by atoms with E-state index in [4.69, 9.17) is 0 Å². The maximum absolute atomic E-state index is 12.4. The average Bonchev–Trinajstić information content (AvgIpc) is 2.33. The van der Waals surface area contributed by atoms with Gasteiger partial charge in [-0.2, -0.15) is 4.31 Å². The van der Waals surface area contributed by atoms with E-state index in [1.54, 1.807) is 24.3 Å². The third kappa shape index (κ3) is 2.48. The van der Waals surface area contributed by atoms with Gasteiger partial charge in [0.1, 0.15) is 0 Å². The van der Waals surface area contributed by atoms with Crippen LogP contribution in [0.15, 0.2) is 41.3 Å². The van der Waals surface area contributed by atoms with Crippen LogP contribution in [0.2, 0.25) is 0 Å². The summed E-state index contributed by atoms with van der Waals surface area (Å²) in [5, 5.41) is 9.55. The van der Waals surface area contributed by atoms with Crippen LogP contribution < -0.4 is 0 Å². The lowest BCUT2D eigenvalue weighted by Crippen LogP contribution is -2.41. The minimum absolute atomic E-state index is 0.192. The topological polar surface area (TPSA) is 57.6 Å². The van der Waals surface area contributed by atoms with Crippen molar-refractivity contribution >= 4 is 10.0 Å². The molecule has 2 rings (SSSR count). The SMILES string of the molecule is C=C1CN(S(=O)(=O)c2ccc(C)cc2)CCC1O. The van der Waals surface area contributed by atoms with E-state index in [-0.39, 0.29) is 11.4 Å². The highest BCUT2D eigenvalue weighted by molar-refractivity contribution is 7.89. The van der Waals surface area contributed by atoms with Crippen LogP contribution in [0.3, 0.4) is 0 Å². The fourth-order valence-corrected chi connectivity index (χ4v) is 3.41. The third-order valence-corrected chi connectivity index (χ3v) is 5.02. The molecule has 0 bridgehead atoms. The minimum atomic E-state index is -3.47. The molecule has 98 valence electrons. The highest BCUT2D eigenvalue weighted by Gasteiger charge is 2.30. The first-order valence-electron chi connectivity index (χ1n) is 5.84. The summed E-state index contributed by atoms with van der Waals surface area (Å²) in [6.45, 7) is 6.14. The van der Waals surface area contributed by atoms with E-state index in [0.29, 0.717) is 18.5 Å². The van der Waals surface area contributed by atoms with E-state index < -0.39 is 16.1 Å². The number of hydrogen-bond donors (Lipinski definition) is 1. The van der Waals surface area contributed by atoms with Gasteiger partial charge in [0.15, 0.2) is 0 Å². The Balaban J connectivity index is 2.26. The molecular formula is C13H17NO3S. The normalized spacial score (nSPS) is 22.1. The molecule has 0 saturated carbocycles. The van der Waals surface area contributed by atoms with Crippen molar-refractivity contribution in [3.63, 3.8) is 0 Å². The number of aliphatic hydroxyl groups excluding tert-OH is 1. The number of rotatable bonds is 2. The quantitative estimate of drug-likeness (QED) is 0.822. The van der Waals surface area contributed by atoms with Crippen LogP contribution in [0, 0.1) is 6.92 Å². The van der Waals surface area contributed by atoms with Gasteiger partial charge in [-0.15, -0.1) is 0 Å². The Morgan fingerprint density at radius 2 is 1.94 bits per heavy atom. The predicted octanol–water partition coefficient (Wildman–Crippen LogP) is 1.31. The molecule has 4 nitrogen and oxygen atoms in total. The molecule has 1 aromatic carbocycles. The fraction of sp³-hybridized carbons (Fsp3) is 0.385. The standard InChI is InChI=1S/C13H17NO3S/c1-10-3-5-12(6-4-10)18(16,17)14-8-7-13(15)11(2)9-14/h3-6,13,15H,2,7-9H2,1H3. The number of piperidine rings is 1. The summed E-state index contributed by atoms with van der Waals surface area (Å²) in [5.41, 5.74) is 1.57. The minimum Gasteiger partial charge on any atom is -0.389 e. The van der Waals surface area contributed by atoms with Gasteiger partial charge >= 0.3 is 0 Å². The molecular weight excluding hydrogens is 250 g/mol. The van der Waals surface area contributed by atoms with Crippen LogP contribution in [0.5, 0.6) is 0 Å². The molecule has 1 saturated heterocycles. The van der Waals surface area contributed by atoms with Crippen LogP contribution >= 0.6 is 0 Å². The highest BCUT2D eigenvalue weighted by atomic mass is 32.2. The zero-order chi connectivity index (χ0) is 13.3. The Morgan fingerprint density at radius 1 is 1.33 bits per heavy atom. The van der Waals surface area contributed by atoms with Gasteiger partial charge in [0.05, 0.1) is 11.0 Å². The first-order valence-corrected chi connectivity index (χ1v) is 7.28. The molecule has 1 unspecified atom stereocenters. The summed E-state index contributed by atoms with van der Waals surface area (Å²) in [6.07, 6.45) is -0.182. The number of aliphatic hydroxyl groups is 1. The first-order chi connectivity index (χ1) is 8.41. The molecule has 1 atom stereocenters. The van der Waals surface area contributed by atoms with E-state index in [1.165, 1.54) is 4.31 Å². The van der Waals surface area contributed by atoms with Crippen molar-refractivity contribution in [1.82, 2.24) is 4.31 Å². The van der Waals surface area contributed by atoms with Gasteiger partial charge in [-0.3, -0.25) is 0 Å². The molecule has 1 aliphatic rings. The first kappa shape index (κ1) is 13.3. The van der Waals surface area contributed by atoms with E-state index in [9.17, 15) is 13.5 Å². The third-order valence-electron chi connectivity index (χ3n) is 3.16. The van der Waals surface area contributed by atoms with E-state index >= 15 is 0 Å². The molecule has 1 N–H and O–H groups in total. The maximum atomic E-state index is 12.4. The van der Waals surface area contributed by atoms with Crippen LogP contribution in [0.4, 0.5) is 0 Å². The number of benzene rings is 1. The average molecular weight is 267 g/mol. The van der Waals surface area contributed by atoms with E-state index in [0.717, 1.165) is 5.56 Å². The van der Waals surface area contributed by atoms with Gasteiger partial charge in [-0.05, 0) is 31.1 Å². The Morgan fingerprint density at radius 3 is 2.50 bits per heavy atom. The molecule has 1 heterocycles. The van der Waals surface area contributed by atoms with Crippen molar-refractivity contribution in [2.75, 3.05) is 13.1 Å². The Labute approximate surface area is 108 Å². The summed E-state index contributed by atoms with van der Waals surface area (Å²) < 4.78 is 26.1. The van der Waals surface area contributed by atoms with E-state index in [2.05, 4.69) is 6.58 Å². The summed E-state index contributed by atoms with van der Waals surface area (Å²) in [7, 11) is -3.47. The van der Waals surface area contributed by atoms with Crippen LogP contribution in [-0.2, 0) is 10.0 Å². The number of sulfonamides is 1. The molecule has 0 aliphatic carbocycles. The molecule has 0 amide bonds. The second kappa shape index (κ2) is 4.84. The zero-order valence-electron chi connectivity index (χ0n) is 10.3. The van der Waals surface area contributed by atoms with Gasteiger partial charge in [-0.25, -0.2) is 8.42 Å². The Kier molecular flexibility index (Phi) is 3.56. The van der Waals surface area contributed by atoms with Crippen LogP contribution in [0.25, 0.3) is 0 Å². The second-order valence-electron chi connectivity index (χ2n) is 4.61. The molecule has 1 aliphatic heterocycles. The fourth-order valence-electron chi connectivity index (χ4n) is 1.95. The smallest absolute Gasteiger partial charge is 0.243 e. The lowest BCUT2D eigenvalue weighted by molar-refractivity contribution is 0.163. The summed E-state index contributed by atoms with van der Waals surface area (Å²) in [5.74, 6) is 0. The Bertz CT molecular complexity index is 548. The van der Waals surface area contributed by atoms with Crippen LogP contribution in [0.1, 0.15) is 12.0 Å². The van der Waals surface area contributed by atoms with Gasteiger partial charge in [-0.1, -0.05) is 24.3 Å². The molecule has 5 heteroatoms. The molecule has 0 radical (unpaired) electrons. The van der Waals surface area contributed by atoms with Gasteiger partial charge < -0.3 is 5.11 Å². The predicted molar refractivity (Wildman–Crippen MR) is 69.7 cm³/mol. The summed E-state index contributed by atoms with van der Waals surface area (Å²) in [4.78, 5) is 0.289. The van der Waals surface area contributed by atoms with Crippen molar-refractivity contribution in [1.29, 1.82) is 0 Å². The van der Waals surface area contributed by atoms with Crippen molar-refractivity contribution in [3.8, 4) is 0 Å². The van der Waals surface area contributed by atoms with Crippen molar-refractivity contribution < 1.29 is 13.5 Å². The van der Waals surface area contributed by atoms with Gasteiger partial charge in [0.25, 0.3) is 0 Å². The lowest BCUT2D eigenvalue weighted by atomic mass is 10.1. The van der Waals surface area contributed by atoms with Crippen molar-refractivity contribution in [2.45, 2.75) is 24.3 Å². The van der Waals surface area contributed by atoms with Crippen LogP contribution in [-0.4, -0.2) is 37.0 Å². The molecule has 0 aromatic heterocycles.